The van der Waals surface area contributed by atoms with Crippen molar-refractivity contribution in [3.8, 4) is 17.0 Å². The molecular formula is C18H15BrFN3OS. The summed E-state index contributed by atoms with van der Waals surface area (Å²) in [4.78, 5) is 4.44. The number of nitrogens with one attached hydrogen (secondary N) is 1. The largest absolute Gasteiger partial charge is 0.493 e. The fourth-order valence-corrected chi connectivity index (χ4v) is 3.29. The monoisotopic (exact) mass is 419 g/mol. The van der Waals surface area contributed by atoms with Gasteiger partial charge in [-0.25, -0.2) is 9.37 Å². The molecule has 1 heterocycles. The lowest BCUT2D eigenvalue weighted by Gasteiger charge is -2.05. The maximum Gasteiger partial charge on any atom is 0.203 e. The smallest absolute Gasteiger partial charge is 0.203 e. The molecule has 0 aliphatic carbocycles. The molecule has 0 atom stereocenters. The summed E-state index contributed by atoms with van der Waals surface area (Å²) in [6.45, 7) is 2.56. The van der Waals surface area contributed by atoms with Gasteiger partial charge in [-0.2, -0.15) is 5.10 Å². The number of anilines is 1. The van der Waals surface area contributed by atoms with Gasteiger partial charge in [-0.3, -0.25) is 5.43 Å². The lowest BCUT2D eigenvalue weighted by Crippen LogP contribution is -1.94. The van der Waals surface area contributed by atoms with E-state index in [4.69, 9.17) is 4.74 Å². The Labute approximate surface area is 157 Å². The topological polar surface area (TPSA) is 46.5 Å². The van der Waals surface area contributed by atoms with E-state index in [2.05, 4.69) is 31.4 Å². The summed E-state index contributed by atoms with van der Waals surface area (Å²) in [6, 6.07) is 12.0. The van der Waals surface area contributed by atoms with Crippen molar-refractivity contribution >= 4 is 38.6 Å². The summed E-state index contributed by atoms with van der Waals surface area (Å²) < 4.78 is 19.3. The second kappa shape index (κ2) is 8.22. The predicted molar refractivity (Wildman–Crippen MR) is 104 cm³/mol. The highest BCUT2D eigenvalue weighted by atomic mass is 79.9. The number of thiazole rings is 1. The normalized spacial score (nSPS) is 11.0. The van der Waals surface area contributed by atoms with Gasteiger partial charge in [-0.1, -0.05) is 0 Å². The SMILES string of the molecule is CCOc1ccc(/C=N\Nc2nc(-c3ccc(F)cc3)cs2)cc1Br. The molecular weight excluding hydrogens is 405 g/mol. The van der Waals surface area contributed by atoms with Gasteiger partial charge in [0.05, 0.1) is 23.0 Å². The molecule has 0 radical (unpaired) electrons. The number of benzene rings is 2. The maximum atomic E-state index is 13.0. The molecule has 0 bridgehead atoms. The van der Waals surface area contributed by atoms with Gasteiger partial charge in [-0.15, -0.1) is 11.3 Å². The fraction of sp³-hybridized carbons (Fsp3) is 0.111. The molecule has 0 amide bonds. The minimum Gasteiger partial charge on any atom is -0.493 e. The zero-order chi connectivity index (χ0) is 17.6. The van der Waals surface area contributed by atoms with Crippen LogP contribution in [0.4, 0.5) is 9.52 Å². The lowest BCUT2D eigenvalue weighted by atomic mass is 10.2. The molecule has 0 saturated heterocycles. The number of hydrogen-bond acceptors (Lipinski definition) is 5. The van der Waals surface area contributed by atoms with Gasteiger partial charge in [0.1, 0.15) is 11.6 Å². The summed E-state index contributed by atoms with van der Waals surface area (Å²) in [5, 5.41) is 6.77. The van der Waals surface area contributed by atoms with Crippen molar-refractivity contribution in [1.82, 2.24) is 4.98 Å². The Morgan fingerprint density at radius 1 is 1.28 bits per heavy atom. The van der Waals surface area contributed by atoms with Crippen molar-refractivity contribution in [3.05, 3.63) is 63.7 Å². The lowest BCUT2D eigenvalue weighted by molar-refractivity contribution is 0.338. The van der Waals surface area contributed by atoms with Gasteiger partial charge < -0.3 is 4.74 Å². The summed E-state index contributed by atoms with van der Waals surface area (Å²) in [7, 11) is 0. The Hall–Kier alpha value is -2.25. The standard InChI is InChI=1S/C18H15BrFN3OS/c1-2-24-17-8-3-12(9-15(17)19)10-21-23-18-22-16(11-25-18)13-4-6-14(20)7-5-13/h3-11H,2H2,1H3,(H,22,23)/b21-10-. The fourth-order valence-electron chi connectivity index (χ4n) is 2.11. The van der Waals surface area contributed by atoms with E-state index >= 15 is 0 Å². The first-order valence-electron chi connectivity index (χ1n) is 7.58. The van der Waals surface area contributed by atoms with E-state index in [1.54, 1.807) is 18.3 Å². The number of hydrogen-bond donors (Lipinski definition) is 1. The molecule has 0 aliphatic rings. The van der Waals surface area contributed by atoms with Crippen LogP contribution in [0.15, 0.2) is 57.4 Å². The molecule has 0 aliphatic heterocycles. The Morgan fingerprint density at radius 2 is 2.08 bits per heavy atom. The molecule has 0 spiro atoms. The molecule has 3 rings (SSSR count). The van der Waals surface area contributed by atoms with Crippen LogP contribution in [0.5, 0.6) is 5.75 Å². The van der Waals surface area contributed by atoms with E-state index in [1.807, 2.05) is 30.5 Å². The van der Waals surface area contributed by atoms with Crippen molar-refractivity contribution in [1.29, 1.82) is 0 Å². The van der Waals surface area contributed by atoms with E-state index in [0.717, 1.165) is 27.0 Å². The van der Waals surface area contributed by atoms with Crippen LogP contribution in [0.3, 0.4) is 0 Å². The van der Waals surface area contributed by atoms with E-state index in [9.17, 15) is 4.39 Å². The van der Waals surface area contributed by atoms with Crippen molar-refractivity contribution in [2.45, 2.75) is 6.92 Å². The van der Waals surface area contributed by atoms with Crippen molar-refractivity contribution in [2.24, 2.45) is 5.10 Å². The number of aromatic nitrogens is 1. The highest BCUT2D eigenvalue weighted by Crippen LogP contribution is 2.26. The molecule has 4 nitrogen and oxygen atoms in total. The molecule has 128 valence electrons. The number of ether oxygens (including phenoxy) is 1. The minimum absolute atomic E-state index is 0.261. The van der Waals surface area contributed by atoms with Gasteiger partial charge in [-0.05, 0) is 70.9 Å². The average molecular weight is 420 g/mol. The minimum atomic E-state index is -0.261. The van der Waals surface area contributed by atoms with Gasteiger partial charge in [0.15, 0.2) is 0 Å². The van der Waals surface area contributed by atoms with Crippen molar-refractivity contribution < 1.29 is 9.13 Å². The summed E-state index contributed by atoms with van der Waals surface area (Å²) >= 11 is 4.91. The maximum absolute atomic E-state index is 13.0. The van der Waals surface area contributed by atoms with Gasteiger partial charge in [0, 0.05) is 10.9 Å². The van der Waals surface area contributed by atoms with Crippen molar-refractivity contribution in [2.75, 3.05) is 12.0 Å². The number of nitrogens with zero attached hydrogens (tertiary/aromatic N) is 2. The molecule has 0 fully saturated rings. The zero-order valence-corrected chi connectivity index (χ0v) is 15.8. The van der Waals surface area contributed by atoms with E-state index in [1.165, 1.54) is 23.5 Å². The van der Waals surface area contributed by atoms with Crippen LogP contribution in [-0.2, 0) is 0 Å². The molecule has 0 saturated carbocycles. The van der Waals surface area contributed by atoms with Crippen LogP contribution >= 0.6 is 27.3 Å². The van der Waals surface area contributed by atoms with E-state index in [0.29, 0.717) is 11.7 Å². The third-order valence-corrected chi connectivity index (χ3v) is 4.64. The highest BCUT2D eigenvalue weighted by Gasteiger charge is 2.04. The Kier molecular flexibility index (Phi) is 5.78. The first kappa shape index (κ1) is 17.6. The molecule has 3 aromatic rings. The van der Waals surface area contributed by atoms with Crippen LogP contribution in [0.25, 0.3) is 11.3 Å². The number of rotatable bonds is 6. The molecule has 7 heteroatoms. The second-order valence-electron chi connectivity index (χ2n) is 5.04. The zero-order valence-electron chi connectivity index (χ0n) is 13.4. The first-order chi connectivity index (χ1) is 12.2. The van der Waals surface area contributed by atoms with Gasteiger partial charge in [0.25, 0.3) is 0 Å². The molecule has 2 aromatic carbocycles. The first-order valence-corrected chi connectivity index (χ1v) is 9.26. The highest BCUT2D eigenvalue weighted by molar-refractivity contribution is 9.10. The molecule has 0 unspecified atom stereocenters. The number of hydrazone groups is 1. The summed E-state index contributed by atoms with van der Waals surface area (Å²) in [6.07, 6.45) is 1.71. The Morgan fingerprint density at radius 3 is 2.80 bits per heavy atom. The quantitative estimate of drug-likeness (QED) is 0.420. The van der Waals surface area contributed by atoms with E-state index < -0.39 is 0 Å². The van der Waals surface area contributed by atoms with Gasteiger partial charge >= 0.3 is 0 Å². The van der Waals surface area contributed by atoms with Gasteiger partial charge in [0.2, 0.25) is 5.13 Å². The van der Waals surface area contributed by atoms with Crippen LogP contribution in [0.2, 0.25) is 0 Å². The Bertz CT molecular complexity index is 880. The predicted octanol–water partition coefficient (Wildman–Crippen LogP) is 5.56. The van der Waals surface area contributed by atoms with Crippen LogP contribution < -0.4 is 10.2 Å². The summed E-state index contributed by atoms with van der Waals surface area (Å²) in [5.74, 6) is 0.542. The van der Waals surface area contributed by atoms with Crippen LogP contribution in [0, 0.1) is 5.82 Å². The Balaban J connectivity index is 1.65. The molecule has 1 aromatic heterocycles. The average Bonchev–Trinajstić information content (AvgIpc) is 3.07. The van der Waals surface area contributed by atoms with E-state index in [-0.39, 0.29) is 5.82 Å². The third kappa shape index (κ3) is 4.64. The number of halogens is 2. The summed E-state index contributed by atoms with van der Waals surface area (Å²) in [5.41, 5.74) is 5.49. The molecule has 1 N–H and O–H groups in total. The third-order valence-electron chi connectivity index (χ3n) is 3.27. The van der Waals surface area contributed by atoms with Crippen LogP contribution in [-0.4, -0.2) is 17.8 Å². The van der Waals surface area contributed by atoms with Crippen LogP contribution in [0.1, 0.15) is 12.5 Å². The van der Waals surface area contributed by atoms with Crippen molar-refractivity contribution in [3.63, 3.8) is 0 Å². The second-order valence-corrected chi connectivity index (χ2v) is 6.75. The molecule has 25 heavy (non-hydrogen) atoms.